The van der Waals surface area contributed by atoms with Crippen LogP contribution in [0.2, 0.25) is 0 Å². The average Bonchev–Trinajstić information content (AvgIpc) is 2.48. The molecule has 0 radical (unpaired) electrons. The Morgan fingerprint density at radius 1 is 1.21 bits per heavy atom. The molecule has 0 aromatic heterocycles. The normalized spacial score (nSPS) is 29.5. The van der Waals surface area contributed by atoms with Crippen LogP contribution in [0.15, 0.2) is 0 Å². The molecule has 110 valence electrons. The van der Waals surface area contributed by atoms with E-state index in [-0.39, 0.29) is 0 Å². The molecule has 2 heterocycles. The number of nitrogens with zero attached hydrogens (tertiary/aromatic N) is 2. The van der Waals surface area contributed by atoms with Crippen LogP contribution in [0.25, 0.3) is 0 Å². The number of hydrogen-bond donors (Lipinski definition) is 2. The molecule has 5 heteroatoms. The Bertz CT molecular complexity index is 291. The highest BCUT2D eigenvalue weighted by molar-refractivity contribution is 5.78. The van der Waals surface area contributed by atoms with Crippen molar-refractivity contribution < 1.29 is 4.79 Å². The molecule has 0 aliphatic carbocycles. The fourth-order valence-electron chi connectivity index (χ4n) is 2.99. The highest BCUT2D eigenvalue weighted by Crippen LogP contribution is 2.12. The zero-order valence-electron chi connectivity index (χ0n) is 12.3. The van der Waals surface area contributed by atoms with Gasteiger partial charge in [0.05, 0.1) is 6.54 Å². The van der Waals surface area contributed by atoms with E-state index in [1.807, 2.05) is 4.90 Å². The monoisotopic (exact) mass is 268 g/mol. The molecule has 2 saturated heterocycles. The van der Waals surface area contributed by atoms with Gasteiger partial charge in [0.2, 0.25) is 5.91 Å². The van der Waals surface area contributed by atoms with Gasteiger partial charge in [-0.1, -0.05) is 13.8 Å². The second kappa shape index (κ2) is 7.22. The molecule has 2 atom stereocenters. The second-order valence-electron chi connectivity index (χ2n) is 5.64. The third-order valence-electron chi connectivity index (χ3n) is 4.39. The van der Waals surface area contributed by atoms with Crippen LogP contribution in [0.1, 0.15) is 26.7 Å². The van der Waals surface area contributed by atoms with Crippen molar-refractivity contribution in [2.75, 3.05) is 45.8 Å². The van der Waals surface area contributed by atoms with Crippen molar-refractivity contribution in [1.82, 2.24) is 20.4 Å². The number of amides is 1. The van der Waals surface area contributed by atoms with Gasteiger partial charge in [-0.05, 0) is 12.8 Å². The zero-order chi connectivity index (χ0) is 13.7. The van der Waals surface area contributed by atoms with Gasteiger partial charge in [0.1, 0.15) is 0 Å². The summed E-state index contributed by atoms with van der Waals surface area (Å²) in [7, 11) is 0. The number of carbonyl (C=O) groups is 1. The molecule has 0 spiro atoms. The molecule has 2 rings (SSSR count). The Morgan fingerprint density at radius 3 is 2.58 bits per heavy atom. The Morgan fingerprint density at radius 2 is 1.95 bits per heavy atom. The number of rotatable bonds is 4. The first-order chi connectivity index (χ1) is 9.24. The lowest BCUT2D eigenvalue weighted by Gasteiger charge is -2.40. The van der Waals surface area contributed by atoms with E-state index in [0.717, 1.165) is 52.1 Å². The molecule has 2 N–H and O–H groups in total. The Hall–Kier alpha value is -0.650. The standard InChI is InChI=1S/C14H28N4O/c1-3-12-10-18(13(4-2)9-16-12)11-14(19)17-7-5-15-6-8-17/h12-13,15-16H,3-11H2,1-2H3. The van der Waals surface area contributed by atoms with Gasteiger partial charge in [-0.2, -0.15) is 0 Å². The maximum atomic E-state index is 12.4. The molecular formula is C14H28N4O. The largest absolute Gasteiger partial charge is 0.339 e. The van der Waals surface area contributed by atoms with E-state index in [1.165, 1.54) is 0 Å². The number of piperazine rings is 2. The summed E-state index contributed by atoms with van der Waals surface area (Å²) in [5.41, 5.74) is 0. The van der Waals surface area contributed by atoms with E-state index in [0.29, 0.717) is 24.5 Å². The van der Waals surface area contributed by atoms with Gasteiger partial charge < -0.3 is 15.5 Å². The zero-order valence-corrected chi connectivity index (χ0v) is 12.3. The molecule has 0 saturated carbocycles. The van der Waals surface area contributed by atoms with Crippen molar-refractivity contribution in [2.24, 2.45) is 0 Å². The van der Waals surface area contributed by atoms with Crippen LogP contribution >= 0.6 is 0 Å². The van der Waals surface area contributed by atoms with Gasteiger partial charge in [-0.15, -0.1) is 0 Å². The predicted octanol–water partition coefficient (Wildman–Crippen LogP) is -0.119. The second-order valence-corrected chi connectivity index (χ2v) is 5.64. The Kier molecular flexibility index (Phi) is 5.60. The first-order valence-electron chi connectivity index (χ1n) is 7.70. The third-order valence-corrected chi connectivity index (χ3v) is 4.39. The summed E-state index contributed by atoms with van der Waals surface area (Å²) < 4.78 is 0. The minimum Gasteiger partial charge on any atom is -0.339 e. The molecule has 5 nitrogen and oxygen atoms in total. The van der Waals surface area contributed by atoms with Crippen LogP contribution in [0.5, 0.6) is 0 Å². The number of hydrogen-bond acceptors (Lipinski definition) is 4. The molecule has 0 bridgehead atoms. The summed E-state index contributed by atoms with van der Waals surface area (Å²) in [6.07, 6.45) is 2.24. The van der Waals surface area contributed by atoms with Crippen molar-refractivity contribution >= 4 is 5.91 Å². The van der Waals surface area contributed by atoms with Gasteiger partial charge in [-0.25, -0.2) is 0 Å². The van der Waals surface area contributed by atoms with Crippen LogP contribution < -0.4 is 10.6 Å². The van der Waals surface area contributed by atoms with Crippen LogP contribution in [0, 0.1) is 0 Å². The lowest BCUT2D eigenvalue weighted by Crippen LogP contribution is -2.59. The van der Waals surface area contributed by atoms with Crippen molar-refractivity contribution in [1.29, 1.82) is 0 Å². The van der Waals surface area contributed by atoms with Crippen molar-refractivity contribution in [3.8, 4) is 0 Å². The topological polar surface area (TPSA) is 47.6 Å². The lowest BCUT2D eigenvalue weighted by molar-refractivity contribution is -0.134. The summed E-state index contributed by atoms with van der Waals surface area (Å²) in [5.74, 6) is 0.303. The summed E-state index contributed by atoms with van der Waals surface area (Å²) in [5, 5.41) is 6.87. The van der Waals surface area contributed by atoms with Gasteiger partial charge in [0.25, 0.3) is 0 Å². The maximum absolute atomic E-state index is 12.4. The quantitative estimate of drug-likeness (QED) is 0.746. The maximum Gasteiger partial charge on any atom is 0.236 e. The Balaban J connectivity index is 1.88. The van der Waals surface area contributed by atoms with Crippen LogP contribution in [-0.2, 0) is 4.79 Å². The van der Waals surface area contributed by atoms with Gasteiger partial charge in [0.15, 0.2) is 0 Å². The van der Waals surface area contributed by atoms with Gasteiger partial charge >= 0.3 is 0 Å². The first kappa shape index (κ1) is 14.8. The molecule has 0 aromatic carbocycles. The Labute approximate surface area is 116 Å². The van der Waals surface area contributed by atoms with E-state index in [2.05, 4.69) is 29.4 Å². The predicted molar refractivity (Wildman–Crippen MR) is 77.2 cm³/mol. The van der Waals surface area contributed by atoms with Crippen LogP contribution in [0.4, 0.5) is 0 Å². The summed E-state index contributed by atoms with van der Waals surface area (Å²) in [6.45, 7) is 10.6. The average molecular weight is 268 g/mol. The minimum absolute atomic E-state index is 0.303. The molecule has 0 aromatic rings. The molecule has 2 aliphatic rings. The fraction of sp³-hybridized carbons (Fsp3) is 0.929. The molecular weight excluding hydrogens is 240 g/mol. The summed E-state index contributed by atoms with van der Waals surface area (Å²) in [4.78, 5) is 16.7. The number of carbonyl (C=O) groups excluding carboxylic acids is 1. The van der Waals surface area contributed by atoms with Crippen molar-refractivity contribution in [2.45, 2.75) is 38.8 Å². The summed E-state index contributed by atoms with van der Waals surface area (Å²) >= 11 is 0. The molecule has 19 heavy (non-hydrogen) atoms. The third kappa shape index (κ3) is 3.91. The first-order valence-corrected chi connectivity index (χ1v) is 7.70. The minimum atomic E-state index is 0.303. The van der Waals surface area contributed by atoms with E-state index < -0.39 is 0 Å². The highest BCUT2D eigenvalue weighted by atomic mass is 16.2. The smallest absolute Gasteiger partial charge is 0.236 e. The molecule has 2 fully saturated rings. The number of nitrogens with one attached hydrogen (secondary N) is 2. The van der Waals surface area contributed by atoms with Crippen molar-refractivity contribution in [3.63, 3.8) is 0 Å². The van der Waals surface area contributed by atoms with E-state index in [4.69, 9.17) is 0 Å². The molecule has 2 aliphatic heterocycles. The fourth-order valence-corrected chi connectivity index (χ4v) is 2.99. The van der Waals surface area contributed by atoms with Gasteiger partial charge in [0, 0.05) is 51.4 Å². The van der Waals surface area contributed by atoms with Crippen LogP contribution in [0.3, 0.4) is 0 Å². The molecule has 2 unspecified atom stereocenters. The SMILES string of the molecule is CCC1CN(CC(=O)N2CCNCC2)C(CC)CN1. The highest BCUT2D eigenvalue weighted by Gasteiger charge is 2.28. The van der Waals surface area contributed by atoms with E-state index >= 15 is 0 Å². The van der Waals surface area contributed by atoms with E-state index in [1.54, 1.807) is 0 Å². The van der Waals surface area contributed by atoms with Crippen molar-refractivity contribution in [3.05, 3.63) is 0 Å². The van der Waals surface area contributed by atoms with Crippen LogP contribution in [-0.4, -0.2) is 73.6 Å². The van der Waals surface area contributed by atoms with E-state index in [9.17, 15) is 4.79 Å². The summed E-state index contributed by atoms with van der Waals surface area (Å²) in [6, 6.07) is 1.05. The van der Waals surface area contributed by atoms with Gasteiger partial charge in [-0.3, -0.25) is 9.69 Å². The lowest BCUT2D eigenvalue weighted by atomic mass is 10.1. The molecule has 1 amide bonds.